The highest BCUT2D eigenvalue weighted by molar-refractivity contribution is 5.46. The van der Waals surface area contributed by atoms with Gasteiger partial charge in [-0.1, -0.05) is 18.2 Å². The van der Waals surface area contributed by atoms with Crippen LogP contribution in [0.3, 0.4) is 0 Å². The van der Waals surface area contributed by atoms with Gasteiger partial charge in [0.25, 0.3) is 0 Å². The number of hydrogen-bond acceptors (Lipinski definition) is 3. The summed E-state index contributed by atoms with van der Waals surface area (Å²) in [5.74, 6) is 0.255. The summed E-state index contributed by atoms with van der Waals surface area (Å²) in [5.41, 5.74) is 7.38. The predicted octanol–water partition coefficient (Wildman–Crippen LogP) is 1.38. The molecule has 2 N–H and O–H groups in total. The first-order chi connectivity index (χ1) is 7.16. The van der Waals surface area contributed by atoms with Gasteiger partial charge in [0.05, 0.1) is 6.54 Å². The van der Waals surface area contributed by atoms with Crippen LogP contribution in [0.2, 0.25) is 0 Å². The molecule has 0 amide bonds. The van der Waals surface area contributed by atoms with E-state index in [-0.39, 0.29) is 5.76 Å². The lowest BCUT2D eigenvalue weighted by Gasteiger charge is -2.03. The Morgan fingerprint density at radius 2 is 2.13 bits per heavy atom. The third-order valence-corrected chi connectivity index (χ3v) is 2.22. The molecule has 0 aliphatic rings. The fraction of sp³-hybridized carbons (Fsp3) is 0.182. The molecule has 0 saturated heterocycles. The Labute approximate surface area is 86.9 Å². The first-order valence-corrected chi connectivity index (χ1v) is 4.67. The van der Waals surface area contributed by atoms with Crippen molar-refractivity contribution in [2.24, 2.45) is 0 Å². The van der Waals surface area contributed by atoms with E-state index in [0.29, 0.717) is 18.0 Å². The number of aromatic nitrogens is 1. The van der Waals surface area contributed by atoms with E-state index in [4.69, 9.17) is 10.2 Å². The minimum absolute atomic E-state index is 0.351. The highest BCUT2D eigenvalue weighted by Gasteiger charge is 2.04. The molecule has 2 rings (SSSR count). The van der Waals surface area contributed by atoms with E-state index in [1.807, 2.05) is 24.3 Å². The molecule has 15 heavy (non-hydrogen) atoms. The Balaban J connectivity index is 2.34. The number of oxazole rings is 1. The maximum absolute atomic E-state index is 11.3. The van der Waals surface area contributed by atoms with Gasteiger partial charge in [-0.15, -0.1) is 0 Å². The second-order valence-electron chi connectivity index (χ2n) is 3.43. The predicted molar refractivity (Wildman–Crippen MR) is 57.7 cm³/mol. The van der Waals surface area contributed by atoms with Crippen LogP contribution in [0.1, 0.15) is 11.3 Å². The van der Waals surface area contributed by atoms with Crippen molar-refractivity contribution in [1.29, 1.82) is 0 Å². The summed E-state index contributed by atoms with van der Waals surface area (Å²) in [4.78, 5) is 11.3. The Morgan fingerprint density at radius 1 is 1.40 bits per heavy atom. The quantitative estimate of drug-likeness (QED) is 0.752. The number of para-hydroxylation sites is 1. The molecular formula is C11H12N2O2. The summed E-state index contributed by atoms with van der Waals surface area (Å²) in [6, 6.07) is 7.46. The van der Waals surface area contributed by atoms with Crippen LogP contribution in [0, 0.1) is 6.92 Å². The van der Waals surface area contributed by atoms with Gasteiger partial charge in [0, 0.05) is 11.9 Å². The van der Waals surface area contributed by atoms with Crippen molar-refractivity contribution < 1.29 is 4.42 Å². The number of hydrogen-bond donors (Lipinski definition) is 1. The summed E-state index contributed by atoms with van der Waals surface area (Å²) in [6.45, 7) is 2.19. The normalized spacial score (nSPS) is 10.5. The number of nitrogens with two attached hydrogens (primary N) is 1. The van der Waals surface area contributed by atoms with Crippen molar-refractivity contribution in [3.8, 4) is 0 Å². The van der Waals surface area contributed by atoms with Crippen LogP contribution in [0.5, 0.6) is 0 Å². The van der Waals surface area contributed by atoms with E-state index in [1.165, 1.54) is 4.57 Å². The molecule has 0 atom stereocenters. The topological polar surface area (TPSA) is 61.2 Å². The highest BCUT2D eigenvalue weighted by Crippen LogP contribution is 2.11. The minimum Gasteiger partial charge on any atom is -0.413 e. The smallest absolute Gasteiger partial charge is 0.413 e. The number of anilines is 1. The van der Waals surface area contributed by atoms with E-state index in [2.05, 4.69) is 0 Å². The highest BCUT2D eigenvalue weighted by atomic mass is 16.4. The molecule has 0 aliphatic heterocycles. The lowest BCUT2D eigenvalue weighted by atomic mass is 10.2. The van der Waals surface area contributed by atoms with Crippen LogP contribution in [-0.2, 0) is 6.54 Å². The molecule has 0 aliphatic carbocycles. The Morgan fingerprint density at radius 3 is 2.73 bits per heavy atom. The van der Waals surface area contributed by atoms with Crippen molar-refractivity contribution in [2.45, 2.75) is 13.5 Å². The van der Waals surface area contributed by atoms with E-state index in [1.54, 1.807) is 13.1 Å². The molecule has 4 nitrogen and oxygen atoms in total. The second kappa shape index (κ2) is 3.65. The second-order valence-corrected chi connectivity index (χ2v) is 3.43. The van der Waals surface area contributed by atoms with E-state index in [9.17, 15) is 4.79 Å². The molecule has 0 saturated carbocycles. The number of rotatable bonds is 2. The van der Waals surface area contributed by atoms with E-state index in [0.717, 1.165) is 5.56 Å². The summed E-state index contributed by atoms with van der Waals surface area (Å²) in [5, 5.41) is 0. The zero-order valence-electron chi connectivity index (χ0n) is 8.43. The van der Waals surface area contributed by atoms with E-state index < -0.39 is 0 Å². The van der Waals surface area contributed by atoms with Gasteiger partial charge in [-0.3, -0.25) is 4.57 Å². The molecule has 1 aromatic heterocycles. The number of nitrogens with zero attached hydrogens (tertiary/aromatic N) is 1. The van der Waals surface area contributed by atoms with Gasteiger partial charge in [-0.2, -0.15) is 0 Å². The summed E-state index contributed by atoms with van der Waals surface area (Å²) in [7, 11) is 0. The molecule has 0 fully saturated rings. The molecule has 2 aromatic rings. The van der Waals surface area contributed by atoms with Crippen LogP contribution in [0.15, 0.2) is 39.7 Å². The summed E-state index contributed by atoms with van der Waals surface area (Å²) in [6.07, 6.45) is 1.68. The average molecular weight is 204 g/mol. The molecule has 0 radical (unpaired) electrons. The first-order valence-electron chi connectivity index (χ1n) is 4.67. The van der Waals surface area contributed by atoms with Gasteiger partial charge in [0.1, 0.15) is 5.76 Å². The molecule has 78 valence electrons. The molecule has 0 bridgehead atoms. The zero-order valence-corrected chi connectivity index (χ0v) is 8.43. The lowest BCUT2D eigenvalue weighted by Crippen LogP contribution is -2.14. The van der Waals surface area contributed by atoms with Crippen LogP contribution in [-0.4, -0.2) is 4.57 Å². The fourth-order valence-electron chi connectivity index (χ4n) is 1.47. The van der Waals surface area contributed by atoms with Crippen LogP contribution >= 0.6 is 0 Å². The molecule has 1 aromatic carbocycles. The SMILES string of the molecule is Cc1cn(Cc2ccccc2N)c(=O)o1. The standard InChI is InChI=1S/C11H12N2O2/c1-8-6-13(11(14)15-8)7-9-4-2-3-5-10(9)12/h2-6H,7,12H2,1H3. The molecule has 0 spiro atoms. The van der Waals surface area contributed by atoms with Gasteiger partial charge >= 0.3 is 5.76 Å². The fourth-order valence-corrected chi connectivity index (χ4v) is 1.47. The van der Waals surface area contributed by atoms with Crippen molar-refractivity contribution in [3.63, 3.8) is 0 Å². The molecular weight excluding hydrogens is 192 g/mol. The van der Waals surface area contributed by atoms with Crippen molar-refractivity contribution in [3.05, 3.63) is 52.3 Å². The van der Waals surface area contributed by atoms with Crippen molar-refractivity contribution in [1.82, 2.24) is 4.57 Å². The van der Waals surface area contributed by atoms with Gasteiger partial charge in [-0.25, -0.2) is 4.79 Å². The third kappa shape index (κ3) is 1.93. The maximum Gasteiger partial charge on any atom is 0.419 e. The third-order valence-electron chi connectivity index (χ3n) is 2.22. The van der Waals surface area contributed by atoms with Crippen molar-refractivity contribution >= 4 is 5.69 Å². The number of benzene rings is 1. The average Bonchev–Trinajstić information content (AvgIpc) is 2.49. The lowest BCUT2D eigenvalue weighted by molar-refractivity contribution is 0.466. The number of nitrogen functional groups attached to an aromatic ring is 1. The monoisotopic (exact) mass is 204 g/mol. The van der Waals surface area contributed by atoms with Gasteiger partial charge < -0.3 is 10.2 Å². The van der Waals surface area contributed by atoms with E-state index >= 15 is 0 Å². The summed E-state index contributed by atoms with van der Waals surface area (Å²) >= 11 is 0. The van der Waals surface area contributed by atoms with Crippen LogP contribution < -0.4 is 11.5 Å². The van der Waals surface area contributed by atoms with Gasteiger partial charge in [-0.05, 0) is 18.6 Å². The zero-order chi connectivity index (χ0) is 10.8. The maximum atomic E-state index is 11.3. The van der Waals surface area contributed by atoms with Gasteiger partial charge in [0.2, 0.25) is 0 Å². The molecule has 4 heteroatoms. The molecule has 0 unspecified atom stereocenters. The Bertz CT molecular complexity index is 525. The largest absolute Gasteiger partial charge is 0.419 e. The Hall–Kier alpha value is -1.97. The first kappa shape index (κ1) is 9.58. The van der Waals surface area contributed by atoms with Crippen LogP contribution in [0.25, 0.3) is 0 Å². The Kier molecular flexibility index (Phi) is 2.33. The van der Waals surface area contributed by atoms with Gasteiger partial charge in [0.15, 0.2) is 0 Å². The summed E-state index contributed by atoms with van der Waals surface area (Å²) < 4.78 is 6.39. The minimum atomic E-state index is -0.351. The molecule has 1 heterocycles. The van der Waals surface area contributed by atoms with Crippen molar-refractivity contribution in [2.75, 3.05) is 5.73 Å². The number of aryl methyl sites for hydroxylation is 1. The van der Waals surface area contributed by atoms with Crippen LogP contribution in [0.4, 0.5) is 5.69 Å².